The molecule has 2 heterocycles. The molecule has 152 valence electrons. The Morgan fingerprint density at radius 1 is 1.31 bits per heavy atom. The molecule has 1 aliphatic carbocycles. The molecule has 4 rings (SSSR count). The van der Waals surface area contributed by atoms with Crippen LogP contribution in [0.4, 0.5) is 5.00 Å². The van der Waals surface area contributed by atoms with Crippen molar-refractivity contribution in [2.45, 2.75) is 32.6 Å². The molecule has 0 fully saturated rings. The fourth-order valence-corrected chi connectivity index (χ4v) is 5.10. The van der Waals surface area contributed by atoms with Gasteiger partial charge in [0, 0.05) is 11.0 Å². The van der Waals surface area contributed by atoms with Crippen LogP contribution in [0.3, 0.4) is 0 Å². The van der Waals surface area contributed by atoms with Gasteiger partial charge in [-0.25, -0.2) is 4.79 Å². The van der Waals surface area contributed by atoms with Crippen LogP contribution >= 0.6 is 11.3 Å². The van der Waals surface area contributed by atoms with Crippen molar-refractivity contribution in [1.29, 1.82) is 0 Å². The van der Waals surface area contributed by atoms with Crippen molar-refractivity contribution < 1.29 is 23.8 Å². The largest absolute Gasteiger partial charge is 0.465 e. The van der Waals surface area contributed by atoms with Crippen LogP contribution in [0, 0.1) is 5.92 Å². The average molecular weight is 413 g/mol. The Morgan fingerprint density at radius 3 is 2.93 bits per heavy atom. The van der Waals surface area contributed by atoms with Crippen LogP contribution in [0.15, 0.2) is 24.3 Å². The van der Waals surface area contributed by atoms with Crippen molar-refractivity contribution in [3.8, 4) is 11.5 Å². The van der Waals surface area contributed by atoms with E-state index in [0.717, 1.165) is 36.8 Å². The van der Waals surface area contributed by atoms with E-state index < -0.39 is 5.97 Å². The van der Waals surface area contributed by atoms with E-state index in [1.54, 1.807) is 6.08 Å². The summed E-state index contributed by atoms with van der Waals surface area (Å²) in [6, 6.07) is 5.49. The third kappa shape index (κ3) is 4.00. The second-order valence-corrected chi connectivity index (χ2v) is 8.26. The predicted molar refractivity (Wildman–Crippen MR) is 112 cm³/mol. The Labute approximate surface area is 173 Å². The average Bonchev–Trinajstić information content (AvgIpc) is 3.34. The lowest BCUT2D eigenvalue weighted by atomic mass is 9.86. The summed E-state index contributed by atoms with van der Waals surface area (Å²) in [6.07, 6.45) is 7.12. The standard InChI is InChI=1S/C22H23NO5S/c1-3-13-4-7-15-18(11-13)29-21(20(15)22(25)26-2)23-19(24)9-6-14-5-8-16-17(10-14)28-12-27-16/h5-6,8-10,13H,3-4,7,11-12H2,1-2H3,(H,23,24)/b9-6+/t13-/m1/s1. The topological polar surface area (TPSA) is 73.9 Å². The van der Waals surface area contributed by atoms with Gasteiger partial charge >= 0.3 is 5.97 Å². The van der Waals surface area contributed by atoms with Crippen molar-refractivity contribution in [2.75, 3.05) is 19.2 Å². The second-order valence-electron chi connectivity index (χ2n) is 7.15. The maximum absolute atomic E-state index is 12.5. The number of nitrogens with one attached hydrogen (secondary N) is 1. The SMILES string of the molecule is CC[C@@H]1CCc2c(sc(NC(=O)/C=C/c3ccc4c(c3)OCO4)c2C(=O)OC)C1. The van der Waals surface area contributed by atoms with Crippen molar-refractivity contribution in [3.63, 3.8) is 0 Å². The number of carbonyl (C=O) groups is 2. The Balaban J connectivity index is 1.53. The lowest BCUT2D eigenvalue weighted by Crippen LogP contribution is -2.15. The summed E-state index contributed by atoms with van der Waals surface area (Å²) in [6.45, 7) is 2.40. The van der Waals surface area contributed by atoms with Gasteiger partial charge in [0.1, 0.15) is 5.00 Å². The monoisotopic (exact) mass is 413 g/mol. The number of fused-ring (bicyclic) bond motifs is 2. The summed E-state index contributed by atoms with van der Waals surface area (Å²) in [5, 5.41) is 3.44. The van der Waals surface area contributed by atoms with Crippen LogP contribution in [0.5, 0.6) is 11.5 Å². The Kier molecular flexibility index (Phi) is 5.58. The molecule has 0 bridgehead atoms. The van der Waals surface area contributed by atoms with Gasteiger partial charge in [-0.3, -0.25) is 4.79 Å². The van der Waals surface area contributed by atoms with E-state index in [2.05, 4.69) is 12.2 Å². The number of ether oxygens (including phenoxy) is 3. The Hall–Kier alpha value is -2.80. The van der Waals surface area contributed by atoms with Gasteiger partial charge in [-0.2, -0.15) is 0 Å². The van der Waals surface area contributed by atoms with E-state index in [4.69, 9.17) is 14.2 Å². The first-order chi connectivity index (χ1) is 14.1. The number of carbonyl (C=O) groups excluding carboxylic acids is 2. The van der Waals surface area contributed by atoms with Crippen molar-refractivity contribution in [1.82, 2.24) is 0 Å². The summed E-state index contributed by atoms with van der Waals surface area (Å²) < 4.78 is 15.6. The minimum Gasteiger partial charge on any atom is -0.465 e. The van der Waals surface area contributed by atoms with E-state index >= 15 is 0 Å². The molecule has 2 aromatic rings. The summed E-state index contributed by atoms with van der Waals surface area (Å²) in [7, 11) is 1.37. The number of anilines is 1. The third-order valence-corrected chi connectivity index (χ3v) is 6.56. The smallest absolute Gasteiger partial charge is 0.341 e. The molecule has 0 saturated carbocycles. The molecule has 1 aromatic heterocycles. The molecule has 1 aromatic carbocycles. The van der Waals surface area contributed by atoms with E-state index in [1.807, 2.05) is 18.2 Å². The summed E-state index contributed by atoms with van der Waals surface area (Å²) in [5.74, 6) is 1.30. The number of methoxy groups -OCH3 is 1. The molecular formula is C22H23NO5S. The van der Waals surface area contributed by atoms with E-state index in [9.17, 15) is 9.59 Å². The summed E-state index contributed by atoms with van der Waals surface area (Å²) in [4.78, 5) is 26.1. The molecule has 7 heteroatoms. The molecule has 0 spiro atoms. The number of amides is 1. The molecular weight excluding hydrogens is 390 g/mol. The third-order valence-electron chi connectivity index (χ3n) is 5.39. The number of esters is 1. The molecule has 1 N–H and O–H groups in total. The molecule has 29 heavy (non-hydrogen) atoms. The zero-order chi connectivity index (χ0) is 20.4. The van der Waals surface area contributed by atoms with Gasteiger partial charge in [-0.15, -0.1) is 11.3 Å². The van der Waals surface area contributed by atoms with Gasteiger partial charge < -0.3 is 19.5 Å². The Morgan fingerprint density at radius 2 is 2.14 bits per heavy atom. The van der Waals surface area contributed by atoms with Crippen molar-refractivity contribution in [3.05, 3.63) is 45.8 Å². The van der Waals surface area contributed by atoms with Gasteiger partial charge in [0.2, 0.25) is 12.7 Å². The first-order valence-electron chi connectivity index (χ1n) is 9.70. The maximum atomic E-state index is 12.5. The number of hydrogen-bond acceptors (Lipinski definition) is 6. The zero-order valence-electron chi connectivity index (χ0n) is 16.4. The van der Waals surface area contributed by atoms with E-state index in [0.29, 0.717) is 28.0 Å². The highest BCUT2D eigenvalue weighted by Gasteiger charge is 2.29. The highest BCUT2D eigenvalue weighted by Crippen LogP contribution is 2.40. The number of thiophene rings is 1. The molecule has 2 aliphatic rings. The van der Waals surface area contributed by atoms with Gasteiger partial charge in [-0.05, 0) is 54.5 Å². The highest BCUT2D eigenvalue weighted by molar-refractivity contribution is 7.17. The minimum atomic E-state index is -0.396. The quantitative estimate of drug-likeness (QED) is 0.580. The number of benzene rings is 1. The van der Waals surface area contributed by atoms with Crippen LogP contribution in [-0.2, 0) is 22.4 Å². The summed E-state index contributed by atoms with van der Waals surface area (Å²) in [5.41, 5.74) is 2.36. The Bertz CT molecular complexity index is 978. The number of hydrogen-bond donors (Lipinski definition) is 1. The molecule has 1 amide bonds. The lowest BCUT2D eigenvalue weighted by molar-refractivity contribution is -0.111. The van der Waals surface area contributed by atoms with Crippen molar-refractivity contribution >= 4 is 34.3 Å². The molecule has 0 saturated heterocycles. The van der Waals surface area contributed by atoms with Crippen LogP contribution < -0.4 is 14.8 Å². The van der Waals surface area contributed by atoms with E-state index in [1.165, 1.54) is 29.4 Å². The molecule has 0 unspecified atom stereocenters. The first-order valence-corrected chi connectivity index (χ1v) is 10.5. The minimum absolute atomic E-state index is 0.210. The van der Waals surface area contributed by atoms with Crippen LogP contribution in [-0.4, -0.2) is 25.8 Å². The highest BCUT2D eigenvalue weighted by atomic mass is 32.1. The normalized spacial score (nSPS) is 17.2. The van der Waals surface area contributed by atoms with E-state index in [-0.39, 0.29) is 12.7 Å². The van der Waals surface area contributed by atoms with Gasteiger partial charge in [-0.1, -0.05) is 19.4 Å². The molecule has 0 radical (unpaired) electrons. The second kappa shape index (κ2) is 8.29. The lowest BCUT2D eigenvalue weighted by Gasteiger charge is -2.20. The molecule has 1 atom stereocenters. The predicted octanol–water partition coefficient (Wildman–Crippen LogP) is 4.43. The van der Waals surface area contributed by atoms with Gasteiger partial charge in [0.25, 0.3) is 0 Å². The fourth-order valence-electron chi connectivity index (χ4n) is 3.75. The zero-order valence-corrected chi connectivity index (χ0v) is 17.3. The van der Waals surface area contributed by atoms with Crippen molar-refractivity contribution in [2.24, 2.45) is 5.92 Å². The first kappa shape index (κ1) is 19.5. The maximum Gasteiger partial charge on any atom is 0.341 e. The molecule has 6 nitrogen and oxygen atoms in total. The molecule has 1 aliphatic heterocycles. The van der Waals surface area contributed by atoms with Gasteiger partial charge in [0.15, 0.2) is 11.5 Å². The van der Waals surface area contributed by atoms with Crippen LogP contribution in [0.2, 0.25) is 0 Å². The number of rotatable bonds is 5. The van der Waals surface area contributed by atoms with Crippen LogP contribution in [0.1, 0.15) is 46.1 Å². The van der Waals surface area contributed by atoms with Crippen LogP contribution in [0.25, 0.3) is 6.08 Å². The summed E-state index contributed by atoms with van der Waals surface area (Å²) >= 11 is 1.49. The van der Waals surface area contributed by atoms with Gasteiger partial charge in [0.05, 0.1) is 12.7 Å². The fraction of sp³-hybridized carbons (Fsp3) is 0.364.